The first kappa shape index (κ1) is 21.8. The van der Waals surface area contributed by atoms with Gasteiger partial charge in [-0.2, -0.15) is 0 Å². The summed E-state index contributed by atoms with van der Waals surface area (Å²) in [7, 11) is 0. The fourth-order valence-electron chi connectivity index (χ4n) is 2.85. The van der Waals surface area contributed by atoms with Crippen molar-refractivity contribution >= 4 is 0 Å². The largest absolute Gasteiger partial charge is 0.394 e. The van der Waals surface area contributed by atoms with Crippen molar-refractivity contribution in [3.8, 4) is 0 Å². The highest BCUT2D eigenvalue weighted by atomic mass is 16.8. The van der Waals surface area contributed by atoms with Gasteiger partial charge in [0.25, 0.3) is 0 Å². The summed E-state index contributed by atoms with van der Waals surface area (Å²) >= 11 is 0. The van der Waals surface area contributed by atoms with Crippen molar-refractivity contribution in [1.29, 1.82) is 0 Å². The van der Waals surface area contributed by atoms with Crippen LogP contribution < -0.4 is 5.73 Å². The molecule has 0 saturated carbocycles. The molecule has 0 aromatic rings. The molecule has 2 aliphatic heterocycles. The van der Waals surface area contributed by atoms with E-state index in [1.165, 1.54) is 0 Å². The van der Waals surface area contributed by atoms with Gasteiger partial charge in [-0.25, -0.2) is 0 Å². The number of hydrogen-bond donors (Lipinski definition) is 8. The second kappa shape index (κ2) is 9.64. The molecule has 2 rings (SSSR count). The average molecular weight is 385 g/mol. The second-order valence-corrected chi connectivity index (χ2v) is 6.16. The minimum Gasteiger partial charge on any atom is -0.394 e. The van der Waals surface area contributed by atoms with Crippen LogP contribution in [0.2, 0.25) is 0 Å². The van der Waals surface area contributed by atoms with E-state index in [0.29, 0.717) is 0 Å². The van der Waals surface area contributed by atoms with E-state index in [9.17, 15) is 35.7 Å². The van der Waals surface area contributed by atoms with Crippen LogP contribution in [0.4, 0.5) is 0 Å². The summed E-state index contributed by atoms with van der Waals surface area (Å²) in [4.78, 5) is 0. The van der Waals surface area contributed by atoms with Gasteiger partial charge < -0.3 is 60.4 Å². The third-order valence-electron chi connectivity index (χ3n) is 4.36. The number of hydrogen-bond acceptors (Lipinski definition) is 12. The maximum atomic E-state index is 10.3. The van der Waals surface area contributed by atoms with Gasteiger partial charge in [-0.1, -0.05) is 0 Å². The van der Waals surface area contributed by atoms with E-state index < -0.39 is 74.6 Å². The van der Waals surface area contributed by atoms with Crippen LogP contribution in [-0.2, 0) is 18.9 Å². The van der Waals surface area contributed by atoms with Gasteiger partial charge in [0.1, 0.15) is 48.8 Å². The molecule has 2 fully saturated rings. The van der Waals surface area contributed by atoms with Gasteiger partial charge in [0.15, 0.2) is 12.6 Å². The van der Waals surface area contributed by atoms with Gasteiger partial charge in [-0.15, -0.1) is 0 Å². The van der Waals surface area contributed by atoms with E-state index in [1.54, 1.807) is 0 Å². The van der Waals surface area contributed by atoms with Crippen molar-refractivity contribution in [3.63, 3.8) is 0 Å². The molecule has 0 aromatic carbocycles. The van der Waals surface area contributed by atoms with Gasteiger partial charge in [-0.3, -0.25) is 0 Å². The average Bonchev–Trinajstić information content (AvgIpc) is 2.64. The van der Waals surface area contributed by atoms with Gasteiger partial charge in [0.2, 0.25) is 0 Å². The number of nitrogens with two attached hydrogens (primary N) is 1. The number of rotatable bonds is 7. The standard InChI is InChI=1S/C14H27NO11/c15-1-2-23-14-12(10(21)8(19)6(4-17)25-14)26-13-11(22)9(20)7(18)5(3-16)24-13/h5-14,16-22H,1-4,15H2/t5-,6?,7-,8-,9+,10+,11+,12+,13-,14+/m1/s1. The van der Waals surface area contributed by atoms with Crippen LogP contribution in [0.25, 0.3) is 0 Å². The third-order valence-corrected chi connectivity index (χ3v) is 4.36. The normalized spacial score (nSPS) is 47.1. The van der Waals surface area contributed by atoms with Crippen LogP contribution >= 0.6 is 0 Å². The quantitative estimate of drug-likeness (QED) is 0.207. The highest BCUT2D eigenvalue weighted by molar-refractivity contribution is 4.93. The molecular formula is C14H27NO11. The molecule has 0 aromatic heterocycles. The fourth-order valence-corrected chi connectivity index (χ4v) is 2.85. The van der Waals surface area contributed by atoms with E-state index in [4.69, 9.17) is 24.7 Å². The molecule has 2 saturated heterocycles. The highest BCUT2D eigenvalue weighted by Crippen LogP contribution is 2.29. The van der Waals surface area contributed by atoms with Crippen molar-refractivity contribution < 1.29 is 54.7 Å². The lowest BCUT2D eigenvalue weighted by molar-refractivity contribution is -0.367. The number of aliphatic hydroxyl groups is 7. The predicted molar refractivity (Wildman–Crippen MR) is 81.4 cm³/mol. The van der Waals surface area contributed by atoms with Crippen molar-refractivity contribution in [1.82, 2.24) is 0 Å². The molecule has 2 aliphatic rings. The van der Waals surface area contributed by atoms with Crippen LogP contribution in [0.1, 0.15) is 0 Å². The van der Waals surface area contributed by atoms with E-state index in [0.717, 1.165) is 0 Å². The molecule has 1 unspecified atom stereocenters. The summed E-state index contributed by atoms with van der Waals surface area (Å²) in [6.45, 7) is -1.11. The maximum Gasteiger partial charge on any atom is 0.187 e. The summed E-state index contributed by atoms with van der Waals surface area (Å²) in [6.07, 6.45) is -14.6. The number of aliphatic hydroxyl groups excluding tert-OH is 7. The monoisotopic (exact) mass is 385 g/mol. The maximum absolute atomic E-state index is 10.3. The van der Waals surface area contributed by atoms with Crippen LogP contribution in [0.15, 0.2) is 0 Å². The van der Waals surface area contributed by atoms with Gasteiger partial charge in [0, 0.05) is 6.54 Å². The first-order chi connectivity index (χ1) is 12.3. The molecule has 0 aliphatic carbocycles. The Labute approximate surface area is 149 Å². The molecule has 12 heteroatoms. The first-order valence-corrected chi connectivity index (χ1v) is 8.25. The molecule has 2 heterocycles. The second-order valence-electron chi connectivity index (χ2n) is 6.16. The molecule has 26 heavy (non-hydrogen) atoms. The molecule has 0 amide bonds. The molecule has 0 radical (unpaired) electrons. The number of ether oxygens (including phenoxy) is 4. The van der Waals surface area contributed by atoms with Crippen molar-refractivity contribution in [2.45, 2.75) is 61.4 Å². The fraction of sp³-hybridized carbons (Fsp3) is 1.00. The van der Waals surface area contributed by atoms with Crippen LogP contribution in [0, 0.1) is 0 Å². The summed E-state index contributed by atoms with van der Waals surface area (Å²) in [5.41, 5.74) is 5.36. The Hall–Kier alpha value is -0.480. The zero-order valence-corrected chi connectivity index (χ0v) is 13.9. The van der Waals surface area contributed by atoms with E-state index in [-0.39, 0.29) is 13.2 Å². The van der Waals surface area contributed by atoms with Gasteiger partial charge in [-0.05, 0) is 0 Å². The highest BCUT2D eigenvalue weighted by Gasteiger charge is 2.50. The molecule has 12 nitrogen and oxygen atoms in total. The SMILES string of the molecule is NCCO[C@H]1OC(CO)[C@@H](O)[C@H](O)[C@@H]1O[C@H]1O[C@H](CO)[C@@H](O)[C@H](O)[C@@H]1O. The third kappa shape index (κ3) is 4.49. The molecule has 0 bridgehead atoms. The van der Waals surface area contributed by atoms with E-state index in [2.05, 4.69) is 0 Å². The van der Waals surface area contributed by atoms with E-state index in [1.807, 2.05) is 0 Å². The Kier molecular flexibility index (Phi) is 8.08. The zero-order chi connectivity index (χ0) is 19.4. The summed E-state index contributed by atoms with van der Waals surface area (Å²) < 4.78 is 21.3. The van der Waals surface area contributed by atoms with Gasteiger partial charge in [0.05, 0.1) is 19.8 Å². The van der Waals surface area contributed by atoms with Gasteiger partial charge >= 0.3 is 0 Å². The van der Waals surface area contributed by atoms with E-state index >= 15 is 0 Å². The molecule has 154 valence electrons. The predicted octanol–water partition coefficient (Wildman–Crippen LogP) is -5.41. The lowest BCUT2D eigenvalue weighted by Gasteiger charge is -2.45. The summed E-state index contributed by atoms with van der Waals surface area (Å²) in [6, 6.07) is 0. The Bertz CT molecular complexity index is 428. The minimum absolute atomic E-state index is 0.0141. The van der Waals surface area contributed by atoms with Crippen LogP contribution in [0.3, 0.4) is 0 Å². The summed E-state index contributed by atoms with van der Waals surface area (Å²) in [5.74, 6) is 0. The van der Waals surface area contributed by atoms with Crippen molar-refractivity contribution in [2.75, 3.05) is 26.4 Å². The molecule has 10 atom stereocenters. The Balaban J connectivity index is 2.14. The zero-order valence-electron chi connectivity index (χ0n) is 13.9. The Morgan fingerprint density at radius 1 is 0.731 bits per heavy atom. The topological polar surface area (TPSA) is 205 Å². The molecule has 9 N–H and O–H groups in total. The van der Waals surface area contributed by atoms with Crippen molar-refractivity contribution in [2.24, 2.45) is 5.73 Å². The Morgan fingerprint density at radius 3 is 1.81 bits per heavy atom. The molecule has 0 spiro atoms. The smallest absolute Gasteiger partial charge is 0.187 e. The summed E-state index contributed by atoms with van der Waals surface area (Å²) in [5, 5.41) is 68.4. The minimum atomic E-state index is -1.71. The first-order valence-electron chi connectivity index (χ1n) is 8.25. The lowest BCUT2D eigenvalue weighted by Crippen LogP contribution is -2.64. The van der Waals surface area contributed by atoms with Crippen molar-refractivity contribution in [3.05, 3.63) is 0 Å². The van der Waals surface area contributed by atoms with Crippen LogP contribution in [-0.4, -0.2) is 124 Å². The van der Waals surface area contributed by atoms with Crippen LogP contribution in [0.5, 0.6) is 0 Å². The molecular weight excluding hydrogens is 358 g/mol. The Morgan fingerprint density at radius 2 is 1.27 bits per heavy atom. The lowest BCUT2D eigenvalue weighted by atomic mass is 9.97.